The number of nitrogens with one attached hydrogen (secondary N) is 1. The van der Waals surface area contributed by atoms with Gasteiger partial charge in [-0.15, -0.1) is 11.3 Å². The van der Waals surface area contributed by atoms with Crippen LogP contribution in [0.25, 0.3) is 0 Å². The van der Waals surface area contributed by atoms with E-state index < -0.39 is 5.97 Å². The minimum Gasteiger partial charge on any atom is -0.478 e. The number of amides is 1. The van der Waals surface area contributed by atoms with Crippen LogP contribution in [0.15, 0.2) is 48.5 Å². The molecular weight excluding hydrogens is 429 g/mol. The molecule has 1 atom stereocenters. The summed E-state index contributed by atoms with van der Waals surface area (Å²) >= 11 is 1.60. The fraction of sp³-hybridized carbons (Fsp3) is 0.280. The number of thiophene rings is 1. The Labute approximate surface area is 189 Å². The molecule has 0 spiro atoms. The molecule has 1 aliphatic heterocycles. The third-order valence-corrected chi connectivity index (χ3v) is 6.92. The standard InChI is InChI=1S/C25H24FNO4S/c1-15(17-6-8-18(9-7-17)25(29)30)27-24(28)23-20-11-12-31-14-22(20)32-21(23)10-5-16-3-2-4-19(26)13-16/h2-4,6-9,13,15H,5,10-12,14H2,1H3,(H,27,28)(H,29,30)/t15-/m0/s1. The van der Waals surface area contributed by atoms with Gasteiger partial charge >= 0.3 is 5.97 Å². The second-order valence-electron chi connectivity index (χ2n) is 7.86. The summed E-state index contributed by atoms with van der Waals surface area (Å²) < 4.78 is 19.1. The van der Waals surface area contributed by atoms with Crippen LogP contribution in [-0.4, -0.2) is 23.6 Å². The van der Waals surface area contributed by atoms with Gasteiger partial charge in [0.05, 0.1) is 30.4 Å². The SMILES string of the molecule is C[C@H](NC(=O)c1c(CCc2cccc(F)c2)sc2c1CCOC2)c1ccc(C(=O)O)cc1. The summed E-state index contributed by atoms with van der Waals surface area (Å²) in [7, 11) is 0. The van der Waals surface area contributed by atoms with E-state index in [1.54, 1.807) is 29.5 Å². The van der Waals surface area contributed by atoms with Crippen LogP contribution in [0.4, 0.5) is 4.39 Å². The van der Waals surface area contributed by atoms with Crippen molar-refractivity contribution in [3.63, 3.8) is 0 Å². The average molecular weight is 454 g/mol. The number of hydrogen-bond acceptors (Lipinski definition) is 4. The van der Waals surface area contributed by atoms with Crippen molar-refractivity contribution in [2.45, 2.75) is 38.8 Å². The van der Waals surface area contributed by atoms with Gasteiger partial charge in [-0.3, -0.25) is 4.79 Å². The van der Waals surface area contributed by atoms with Crippen molar-refractivity contribution in [1.29, 1.82) is 0 Å². The first-order valence-electron chi connectivity index (χ1n) is 10.5. The number of hydrogen-bond donors (Lipinski definition) is 2. The van der Waals surface area contributed by atoms with Gasteiger partial charge in [-0.2, -0.15) is 0 Å². The first-order valence-corrected chi connectivity index (χ1v) is 11.3. The zero-order valence-electron chi connectivity index (χ0n) is 17.7. The number of rotatable bonds is 7. The minimum absolute atomic E-state index is 0.145. The summed E-state index contributed by atoms with van der Waals surface area (Å²) in [6, 6.07) is 12.8. The molecule has 0 unspecified atom stereocenters. The molecular formula is C25H24FNO4S. The Morgan fingerprint density at radius 3 is 2.69 bits per heavy atom. The number of carbonyl (C=O) groups excluding carboxylic acids is 1. The third kappa shape index (κ3) is 4.89. The Balaban J connectivity index is 1.54. The molecule has 4 rings (SSSR count). The van der Waals surface area contributed by atoms with E-state index in [9.17, 15) is 14.0 Å². The summed E-state index contributed by atoms with van der Waals surface area (Å²) in [5.74, 6) is -1.39. The molecule has 0 saturated heterocycles. The molecule has 0 bridgehead atoms. The predicted octanol–water partition coefficient (Wildman–Crippen LogP) is 4.93. The number of aromatic carboxylic acids is 1. The molecule has 3 aromatic rings. The Morgan fingerprint density at radius 1 is 1.19 bits per heavy atom. The van der Waals surface area contributed by atoms with Crippen LogP contribution in [0.3, 0.4) is 0 Å². The molecule has 0 radical (unpaired) electrons. The van der Waals surface area contributed by atoms with Crippen LogP contribution in [0.1, 0.15) is 60.1 Å². The highest BCUT2D eigenvalue weighted by Gasteiger charge is 2.26. The maximum absolute atomic E-state index is 13.5. The van der Waals surface area contributed by atoms with E-state index in [1.165, 1.54) is 24.3 Å². The maximum Gasteiger partial charge on any atom is 0.335 e. The van der Waals surface area contributed by atoms with E-state index in [1.807, 2.05) is 13.0 Å². The number of fused-ring (bicyclic) bond motifs is 1. The Morgan fingerprint density at radius 2 is 1.97 bits per heavy atom. The summed E-state index contributed by atoms with van der Waals surface area (Å²) in [5.41, 5.74) is 3.68. The molecule has 0 fully saturated rings. The Bertz CT molecular complexity index is 1140. The number of carboxylic acids is 1. The lowest BCUT2D eigenvalue weighted by molar-refractivity contribution is 0.0696. The summed E-state index contributed by atoms with van der Waals surface area (Å²) in [6.45, 7) is 2.97. The lowest BCUT2D eigenvalue weighted by Crippen LogP contribution is -2.28. The van der Waals surface area contributed by atoms with Crippen molar-refractivity contribution in [2.24, 2.45) is 0 Å². The molecule has 1 aromatic heterocycles. The van der Waals surface area contributed by atoms with E-state index in [2.05, 4.69) is 5.32 Å². The number of halogens is 1. The number of carbonyl (C=O) groups is 2. The zero-order chi connectivity index (χ0) is 22.7. The van der Waals surface area contributed by atoms with E-state index in [0.29, 0.717) is 38.0 Å². The van der Waals surface area contributed by atoms with E-state index in [0.717, 1.165) is 26.4 Å². The predicted molar refractivity (Wildman–Crippen MR) is 121 cm³/mol. The van der Waals surface area contributed by atoms with Crippen LogP contribution < -0.4 is 5.32 Å². The summed E-state index contributed by atoms with van der Waals surface area (Å²) in [5, 5.41) is 12.1. The molecule has 7 heteroatoms. The molecule has 32 heavy (non-hydrogen) atoms. The Hall–Kier alpha value is -3.03. The molecule has 1 amide bonds. The lowest BCUT2D eigenvalue weighted by atomic mass is 9.99. The quantitative estimate of drug-likeness (QED) is 0.532. The van der Waals surface area contributed by atoms with Gasteiger partial charge < -0.3 is 15.2 Å². The Kier molecular flexibility index (Phi) is 6.67. The highest BCUT2D eigenvalue weighted by Crippen LogP contribution is 2.34. The molecule has 0 aliphatic carbocycles. The highest BCUT2D eigenvalue weighted by molar-refractivity contribution is 7.12. The summed E-state index contributed by atoms with van der Waals surface area (Å²) in [6.07, 6.45) is 1.98. The van der Waals surface area contributed by atoms with Gasteiger partial charge in [-0.05, 0) is 67.1 Å². The molecule has 166 valence electrons. The average Bonchev–Trinajstić information content (AvgIpc) is 3.16. The highest BCUT2D eigenvalue weighted by atomic mass is 32.1. The van der Waals surface area contributed by atoms with Crippen LogP contribution in [0.5, 0.6) is 0 Å². The molecule has 2 aromatic carbocycles. The van der Waals surface area contributed by atoms with Crippen molar-refractivity contribution >= 4 is 23.2 Å². The van der Waals surface area contributed by atoms with Gasteiger partial charge in [0.1, 0.15) is 5.82 Å². The fourth-order valence-corrected chi connectivity index (χ4v) is 5.23. The van der Waals surface area contributed by atoms with Crippen molar-refractivity contribution < 1.29 is 23.8 Å². The van der Waals surface area contributed by atoms with Crippen LogP contribution in [-0.2, 0) is 30.6 Å². The monoisotopic (exact) mass is 453 g/mol. The fourth-order valence-electron chi connectivity index (χ4n) is 3.95. The molecule has 5 nitrogen and oxygen atoms in total. The van der Waals surface area contributed by atoms with E-state index >= 15 is 0 Å². The van der Waals surface area contributed by atoms with Gasteiger partial charge in [-0.25, -0.2) is 9.18 Å². The van der Waals surface area contributed by atoms with Crippen molar-refractivity contribution in [1.82, 2.24) is 5.32 Å². The normalized spacial score (nSPS) is 13.9. The first-order chi connectivity index (χ1) is 15.4. The number of carboxylic acid groups (broad SMARTS) is 1. The van der Waals surface area contributed by atoms with Crippen molar-refractivity contribution in [2.75, 3.05) is 6.61 Å². The largest absolute Gasteiger partial charge is 0.478 e. The maximum atomic E-state index is 13.5. The van der Waals surface area contributed by atoms with Crippen molar-refractivity contribution in [3.05, 3.63) is 91.9 Å². The van der Waals surface area contributed by atoms with Gasteiger partial charge in [0.25, 0.3) is 5.91 Å². The summed E-state index contributed by atoms with van der Waals surface area (Å²) in [4.78, 5) is 26.5. The van der Waals surface area contributed by atoms with Crippen LogP contribution >= 0.6 is 11.3 Å². The van der Waals surface area contributed by atoms with Crippen LogP contribution in [0, 0.1) is 5.82 Å². The third-order valence-electron chi connectivity index (χ3n) is 5.66. The first kappa shape index (κ1) is 22.2. The smallest absolute Gasteiger partial charge is 0.335 e. The molecule has 2 heterocycles. The molecule has 2 N–H and O–H groups in total. The number of ether oxygens (including phenoxy) is 1. The van der Waals surface area contributed by atoms with Crippen LogP contribution in [0.2, 0.25) is 0 Å². The van der Waals surface area contributed by atoms with Gasteiger partial charge in [-0.1, -0.05) is 24.3 Å². The van der Waals surface area contributed by atoms with Gasteiger partial charge in [0.15, 0.2) is 0 Å². The zero-order valence-corrected chi connectivity index (χ0v) is 18.5. The topological polar surface area (TPSA) is 75.6 Å². The number of aryl methyl sites for hydroxylation is 2. The molecule has 0 saturated carbocycles. The van der Waals surface area contributed by atoms with E-state index in [-0.39, 0.29) is 23.3 Å². The van der Waals surface area contributed by atoms with Crippen molar-refractivity contribution in [3.8, 4) is 0 Å². The second-order valence-corrected chi connectivity index (χ2v) is 9.05. The molecule has 1 aliphatic rings. The minimum atomic E-state index is -0.983. The van der Waals surface area contributed by atoms with Gasteiger partial charge in [0.2, 0.25) is 0 Å². The van der Waals surface area contributed by atoms with E-state index in [4.69, 9.17) is 9.84 Å². The van der Waals surface area contributed by atoms with Gasteiger partial charge in [0, 0.05) is 9.75 Å². The second kappa shape index (κ2) is 9.63. The lowest BCUT2D eigenvalue weighted by Gasteiger charge is -2.17. The number of benzene rings is 2.